The highest BCUT2D eigenvalue weighted by Gasteiger charge is 2.34. The van der Waals surface area contributed by atoms with E-state index in [1.54, 1.807) is 24.3 Å². The number of hydrogen-bond donors (Lipinski definition) is 1. The lowest BCUT2D eigenvalue weighted by Crippen LogP contribution is -2.11. The highest BCUT2D eigenvalue weighted by Crippen LogP contribution is 2.29. The molecule has 0 aliphatic carbocycles. The van der Waals surface area contributed by atoms with E-state index >= 15 is 0 Å². The van der Waals surface area contributed by atoms with Gasteiger partial charge in [-0.1, -0.05) is 18.2 Å². The molecule has 0 spiro atoms. The Morgan fingerprint density at radius 2 is 1.76 bits per heavy atom. The average Bonchev–Trinajstić information content (AvgIpc) is 2.29. The summed E-state index contributed by atoms with van der Waals surface area (Å²) in [7, 11) is 0. The number of hydrogen-bond acceptors (Lipinski definition) is 3. The van der Waals surface area contributed by atoms with E-state index in [1.807, 2.05) is 0 Å². The maximum Gasteiger partial charge on any atom is 0.451 e. The third-order valence-electron chi connectivity index (χ3n) is 2.15. The summed E-state index contributed by atoms with van der Waals surface area (Å²) in [6.07, 6.45) is -3.49. The molecular weight excluding hydrogens is 231 g/mol. The fraction of sp³-hybridized carbons (Fsp3) is 0.0909. The second-order valence-corrected chi connectivity index (χ2v) is 3.35. The van der Waals surface area contributed by atoms with E-state index in [-0.39, 0.29) is 5.69 Å². The molecule has 2 aromatic rings. The fourth-order valence-electron chi connectivity index (χ4n) is 1.38. The van der Waals surface area contributed by atoms with Gasteiger partial charge in [0.2, 0.25) is 5.82 Å². The van der Waals surface area contributed by atoms with Crippen molar-refractivity contribution in [2.45, 2.75) is 6.18 Å². The minimum Gasteiger partial charge on any atom is -0.398 e. The zero-order valence-electron chi connectivity index (χ0n) is 8.57. The van der Waals surface area contributed by atoms with Gasteiger partial charge in [-0.3, -0.25) is 0 Å². The summed E-state index contributed by atoms with van der Waals surface area (Å²) in [6, 6.07) is 7.98. The van der Waals surface area contributed by atoms with Crippen molar-refractivity contribution in [2.24, 2.45) is 0 Å². The van der Waals surface area contributed by atoms with Crippen LogP contribution in [-0.2, 0) is 6.18 Å². The molecule has 0 fully saturated rings. The van der Waals surface area contributed by atoms with Crippen molar-refractivity contribution < 1.29 is 13.2 Å². The maximum absolute atomic E-state index is 12.4. The Morgan fingerprint density at radius 1 is 1.06 bits per heavy atom. The molecule has 2 N–H and O–H groups in total. The first-order valence-electron chi connectivity index (χ1n) is 4.73. The Morgan fingerprint density at radius 3 is 2.41 bits per heavy atom. The number of rotatable bonds is 1. The SMILES string of the molecule is Nc1ccccc1-c1ccnc(C(F)(F)F)n1. The minimum absolute atomic E-state index is 0.158. The van der Waals surface area contributed by atoms with Crippen molar-refractivity contribution in [3.63, 3.8) is 0 Å². The van der Waals surface area contributed by atoms with Gasteiger partial charge in [-0.2, -0.15) is 13.2 Å². The zero-order chi connectivity index (χ0) is 12.5. The van der Waals surface area contributed by atoms with Crippen LogP contribution in [0.15, 0.2) is 36.5 Å². The molecule has 6 heteroatoms. The molecule has 3 nitrogen and oxygen atoms in total. The number of nitrogens with two attached hydrogens (primary N) is 1. The predicted molar refractivity (Wildman–Crippen MR) is 56.9 cm³/mol. The molecule has 0 amide bonds. The van der Waals surface area contributed by atoms with Crippen LogP contribution in [0.25, 0.3) is 11.3 Å². The highest BCUT2D eigenvalue weighted by molar-refractivity contribution is 5.73. The smallest absolute Gasteiger partial charge is 0.398 e. The number of halogens is 3. The summed E-state index contributed by atoms with van der Waals surface area (Å²) in [5, 5.41) is 0. The van der Waals surface area contributed by atoms with Crippen molar-refractivity contribution in [3.05, 3.63) is 42.4 Å². The first-order chi connectivity index (χ1) is 7.98. The van der Waals surface area contributed by atoms with Crippen LogP contribution in [0.5, 0.6) is 0 Å². The number of benzene rings is 1. The van der Waals surface area contributed by atoms with E-state index in [1.165, 1.54) is 6.07 Å². The average molecular weight is 239 g/mol. The van der Waals surface area contributed by atoms with E-state index < -0.39 is 12.0 Å². The number of anilines is 1. The normalized spacial score (nSPS) is 11.5. The molecule has 0 aliphatic heterocycles. The van der Waals surface area contributed by atoms with E-state index in [0.29, 0.717) is 11.3 Å². The topological polar surface area (TPSA) is 51.8 Å². The van der Waals surface area contributed by atoms with E-state index in [4.69, 9.17) is 5.73 Å². The first-order valence-corrected chi connectivity index (χ1v) is 4.73. The number of nitrogens with zero attached hydrogens (tertiary/aromatic N) is 2. The molecule has 1 aromatic carbocycles. The van der Waals surface area contributed by atoms with Crippen molar-refractivity contribution in [1.29, 1.82) is 0 Å². The molecule has 0 saturated carbocycles. The van der Waals surface area contributed by atoms with Crippen molar-refractivity contribution in [2.75, 3.05) is 5.73 Å². The number of para-hydroxylation sites is 1. The number of alkyl halides is 3. The summed E-state index contributed by atoms with van der Waals surface area (Å²) in [5.41, 5.74) is 6.66. The van der Waals surface area contributed by atoms with E-state index in [9.17, 15) is 13.2 Å². The molecule has 0 saturated heterocycles. The molecule has 1 heterocycles. The molecular formula is C11H8F3N3. The molecule has 17 heavy (non-hydrogen) atoms. The quantitative estimate of drug-likeness (QED) is 0.778. The Labute approximate surface area is 95.1 Å². The number of nitrogen functional groups attached to an aromatic ring is 1. The first kappa shape index (κ1) is 11.4. The van der Waals surface area contributed by atoms with Gasteiger partial charge in [-0.25, -0.2) is 9.97 Å². The van der Waals surface area contributed by atoms with Crippen LogP contribution in [0, 0.1) is 0 Å². The van der Waals surface area contributed by atoms with Gasteiger partial charge in [0.25, 0.3) is 0 Å². The Hall–Kier alpha value is -2.11. The van der Waals surface area contributed by atoms with Gasteiger partial charge in [-0.05, 0) is 12.1 Å². The van der Waals surface area contributed by atoms with Crippen LogP contribution in [0.2, 0.25) is 0 Å². The maximum atomic E-state index is 12.4. The highest BCUT2D eigenvalue weighted by atomic mass is 19.4. The summed E-state index contributed by atoms with van der Waals surface area (Å²) < 4.78 is 37.3. The summed E-state index contributed by atoms with van der Waals surface area (Å²) in [4.78, 5) is 6.65. The third-order valence-corrected chi connectivity index (χ3v) is 2.15. The van der Waals surface area contributed by atoms with Gasteiger partial charge in [0, 0.05) is 17.4 Å². The number of aromatic nitrogens is 2. The van der Waals surface area contributed by atoms with Crippen LogP contribution in [0.3, 0.4) is 0 Å². The van der Waals surface area contributed by atoms with Crippen LogP contribution in [0.1, 0.15) is 5.82 Å². The predicted octanol–water partition coefficient (Wildman–Crippen LogP) is 2.74. The second-order valence-electron chi connectivity index (χ2n) is 3.35. The summed E-state index contributed by atoms with van der Waals surface area (Å²) in [5.74, 6) is -1.17. The molecule has 0 aliphatic rings. The zero-order valence-corrected chi connectivity index (χ0v) is 8.57. The molecule has 0 atom stereocenters. The summed E-state index contributed by atoms with van der Waals surface area (Å²) in [6.45, 7) is 0. The largest absolute Gasteiger partial charge is 0.451 e. The van der Waals surface area contributed by atoms with Crippen LogP contribution < -0.4 is 5.73 Å². The monoisotopic (exact) mass is 239 g/mol. The van der Waals surface area contributed by atoms with Crippen molar-refractivity contribution in [3.8, 4) is 11.3 Å². The van der Waals surface area contributed by atoms with E-state index in [0.717, 1.165) is 6.20 Å². The molecule has 0 unspecified atom stereocenters. The molecule has 1 aromatic heterocycles. The van der Waals surface area contributed by atoms with Gasteiger partial charge in [-0.15, -0.1) is 0 Å². The minimum atomic E-state index is -4.56. The summed E-state index contributed by atoms with van der Waals surface area (Å²) >= 11 is 0. The lowest BCUT2D eigenvalue weighted by molar-refractivity contribution is -0.144. The lowest BCUT2D eigenvalue weighted by atomic mass is 10.1. The van der Waals surface area contributed by atoms with Gasteiger partial charge in [0.15, 0.2) is 0 Å². The fourth-order valence-corrected chi connectivity index (χ4v) is 1.38. The van der Waals surface area contributed by atoms with E-state index in [2.05, 4.69) is 9.97 Å². The van der Waals surface area contributed by atoms with Crippen LogP contribution >= 0.6 is 0 Å². The Bertz CT molecular complexity index is 537. The van der Waals surface area contributed by atoms with Crippen molar-refractivity contribution >= 4 is 5.69 Å². The lowest BCUT2D eigenvalue weighted by Gasteiger charge is -2.08. The molecule has 88 valence electrons. The molecule has 0 radical (unpaired) electrons. The van der Waals surface area contributed by atoms with Crippen molar-refractivity contribution in [1.82, 2.24) is 9.97 Å². The third kappa shape index (κ3) is 2.35. The van der Waals surface area contributed by atoms with Gasteiger partial charge in [0.1, 0.15) is 0 Å². The van der Waals surface area contributed by atoms with Gasteiger partial charge < -0.3 is 5.73 Å². The standard InChI is InChI=1S/C11H8F3N3/c12-11(13,14)10-16-6-5-9(17-10)7-3-1-2-4-8(7)15/h1-6H,15H2. The molecule has 0 bridgehead atoms. The Kier molecular flexibility index (Phi) is 2.71. The second kappa shape index (κ2) is 4.04. The van der Waals surface area contributed by atoms with Gasteiger partial charge >= 0.3 is 6.18 Å². The molecule has 2 rings (SSSR count). The van der Waals surface area contributed by atoms with Crippen LogP contribution in [-0.4, -0.2) is 9.97 Å². The van der Waals surface area contributed by atoms with Gasteiger partial charge in [0.05, 0.1) is 5.69 Å². The van der Waals surface area contributed by atoms with Crippen LogP contribution in [0.4, 0.5) is 18.9 Å². The Balaban J connectivity index is 2.51.